The summed E-state index contributed by atoms with van der Waals surface area (Å²) in [5, 5.41) is 4.11. The molecule has 1 N–H and O–H groups in total. The molecule has 94 valence electrons. The maximum absolute atomic E-state index is 12.0. The third kappa shape index (κ3) is 2.83. The number of carbonyl (C=O) groups excluding carboxylic acids is 1. The van der Waals surface area contributed by atoms with Crippen molar-refractivity contribution in [3.8, 4) is 0 Å². The van der Waals surface area contributed by atoms with Crippen molar-refractivity contribution in [3.63, 3.8) is 0 Å². The number of amides is 1. The quantitative estimate of drug-likeness (QED) is 0.897. The molecule has 0 aliphatic rings. The van der Waals surface area contributed by atoms with E-state index in [4.69, 9.17) is 23.2 Å². The molecule has 0 fully saturated rings. The van der Waals surface area contributed by atoms with Crippen molar-refractivity contribution < 1.29 is 4.79 Å². The van der Waals surface area contributed by atoms with Gasteiger partial charge in [0.2, 0.25) is 0 Å². The first-order valence-electron chi connectivity index (χ1n) is 5.18. The Balaban J connectivity index is 2.22. The highest BCUT2D eigenvalue weighted by molar-refractivity contribution is 7.15. The highest BCUT2D eigenvalue weighted by atomic mass is 35.5. The minimum absolute atomic E-state index is 0.287. The topological polar surface area (TPSA) is 42.0 Å². The molecule has 18 heavy (non-hydrogen) atoms. The van der Waals surface area contributed by atoms with E-state index in [0.29, 0.717) is 20.7 Å². The average molecular weight is 301 g/mol. The highest BCUT2D eigenvalue weighted by Crippen LogP contribution is 2.24. The van der Waals surface area contributed by atoms with E-state index in [0.717, 1.165) is 10.6 Å². The Labute approximate surface area is 119 Å². The van der Waals surface area contributed by atoms with Gasteiger partial charge in [-0.25, -0.2) is 4.98 Å². The number of nitrogens with one attached hydrogen (secondary N) is 1. The molecule has 0 radical (unpaired) electrons. The first-order chi connectivity index (χ1) is 8.47. The number of benzene rings is 1. The Bertz CT molecular complexity index is 591. The van der Waals surface area contributed by atoms with E-state index >= 15 is 0 Å². The van der Waals surface area contributed by atoms with Gasteiger partial charge in [-0.1, -0.05) is 23.2 Å². The van der Waals surface area contributed by atoms with Crippen LogP contribution in [0.4, 0.5) is 5.13 Å². The molecule has 1 aromatic heterocycles. The molecule has 1 heterocycles. The van der Waals surface area contributed by atoms with Crippen LogP contribution in [0.25, 0.3) is 0 Å². The molecule has 2 aromatic rings. The zero-order valence-electron chi connectivity index (χ0n) is 9.75. The first kappa shape index (κ1) is 13.3. The van der Waals surface area contributed by atoms with Crippen molar-refractivity contribution in [1.29, 1.82) is 0 Å². The third-order valence-electron chi connectivity index (χ3n) is 2.42. The van der Waals surface area contributed by atoms with Gasteiger partial charge in [0.15, 0.2) is 5.13 Å². The van der Waals surface area contributed by atoms with Crippen molar-refractivity contribution in [2.45, 2.75) is 13.8 Å². The molecular formula is C12H10Cl2N2OS. The Hall–Kier alpha value is -1.10. The van der Waals surface area contributed by atoms with Crippen LogP contribution in [-0.4, -0.2) is 10.9 Å². The smallest absolute Gasteiger partial charge is 0.258 e. The predicted octanol–water partition coefficient (Wildman–Crippen LogP) is 4.32. The lowest BCUT2D eigenvalue weighted by Gasteiger charge is -2.04. The zero-order chi connectivity index (χ0) is 13.3. The number of aryl methyl sites for hydroxylation is 2. The molecule has 0 spiro atoms. The van der Waals surface area contributed by atoms with Gasteiger partial charge in [-0.15, -0.1) is 11.3 Å². The molecule has 0 aliphatic heterocycles. The van der Waals surface area contributed by atoms with Crippen LogP contribution in [0, 0.1) is 13.8 Å². The Kier molecular flexibility index (Phi) is 3.90. The van der Waals surface area contributed by atoms with Crippen molar-refractivity contribution in [3.05, 3.63) is 44.4 Å². The summed E-state index contributed by atoms with van der Waals surface area (Å²) >= 11 is 13.2. The molecule has 0 saturated heterocycles. The van der Waals surface area contributed by atoms with Gasteiger partial charge in [0.05, 0.1) is 16.3 Å². The molecule has 1 amide bonds. The van der Waals surface area contributed by atoms with Gasteiger partial charge in [0, 0.05) is 9.90 Å². The average Bonchev–Trinajstić information content (AvgIpc) is 2.57. The van der Waals surface area contributed by atoms with Crippen LogP contribution in [0.2, 0.25) is 10.0 Å². The summed E-state index contributed by atoms with van der Waals surface area (Å²) in [6, 6.07) is 4.75. The summed E-state index contributed by atoms with van der Waals surface area (Å²) in [6.45, 7) is 3.86. The number of hydrogen-bond donors (Lipinski definition) is 1. The molecule has 3 nitrogen and oxygen atoms in total. The standard InChI is InChI=1S/C12H10Cl2N2OS/c1-6-7(2)18-12(15-6)16-11(17)9-4-3-8(13)5-10(9)14/h3-5H,1-2H3,(H,15,16,17). The number of thiazole rings is 1. The largest absolute Gasteiger partial charge is 0.298 e. The number of nitrogens with zero attached hydrogens (tertiary/aromatic N) is 1. The second kappa shape index (κ2) is 5.26. The fourth-order valence-corrected chi connectivity index (χ4v) is 2.67. The molecule has 0 bridgehead atoms. The number of rotatable bonds is 2. The molecule has 1 aromatic carbocycles. The van der Waals surface area contributed by atoms with E-state index in [-0.39, 0.29) is 5.91 Å². The second-order valence-electron chi connectivity index (χ2n) is 3.74. The van der Waals surface area contributed by atoms with Crippen molar-refractivity contribution in [2.24, 2.45) is 0 Å². The van der Waals surface area contributed by atoms with E-state index in [2.05, 4.69) is 10.3 Å². The van der Waals surface area contributed by atoms with E-state index in [1.54, 1.807) is 12.1 Å². The third-order valence-corrected chi connectivity index (χ3v) is 3.96. The summed E-state index contributed by atoms with van der Waals surface area (Å²) < 4.78 is 0. The summed E-state index contributed by atoms with van der Waals surface area (Å²) in [7, 11) is 0. The van der Waals surface area contributed by atoms with Crippen LogP contribution < -0.4 is 5.32 Å². The van der Waals surface area contributed by atoms with Gasteiger partial charge in [-0.05, 0) is 32.0 Å². The lowest BCUT2D eigenvalue weighted by atomic mass is 10.2. The first-order valence-corrected chi connectivity index (χ1v) is 6.75. The number of aromatic nitrogens is 1. The van der Waals surface area contributed by atoms with Crippen LogP contribution in [0.3, 0.4) is 0 Å². The number of hydrogen-bond acceptors (Lipinski definition) is 3. The SMILES string of the molecule is Cc1nc(NC(=O)c2ccc(Cl)cc2Cl)sc1C. The lowest BCUT2D eigenvalue weighted by molar-refractivity contribution is 0.102. The Morgan fingerprint density at radius 1 is 1.33 bits per heavy atom. The maximum atomic E-state index is 12.0. The van der Waals surface area contributed by atoms with Crippen LogP contribution in [0.15, 0.2) is 18.2 Å². The monoisotopic (exact) mass is 300 g/mol. The second-order valence-corrected chi connectivity index (χ2v) is 5.79. The van der Waals surface area contributed by atoms with E-state index in [1.165, 1.54) is 17.4 Å². The van der Waals surface area contributed by atoms with Gasteiger partial charge >= 0.3 is 0 Å². The van der Waals surface area contributed by atoms with Gasteiger partial charge in [-0.3, -0.25) is 10.1 Å². The lowest BCUT2D eigenvalue weighted by Crippen LogP contribution is -2.12. The fraction of sp³-hybridized carbons (Fsp3) is 0.167. The van der Waals surface area contributed by atoms with Crippen LogP contribution >= 0.6 is 34.5 Å². The summed E-state index contributed by atoms with van der Waals surface area (Å²) in [5.41, 5.74) is 1.30. The van der Waals surface area contributed by atoms with Crippen molar-refractivity contribution >= 4 is 45.6 Å². The molecule has 0 unspecified atom stereocenters. The Morgan fingerprint density at radius 2 is 2.06 bits per heavy atom. The number of anilines is 1. The summed E-state index contributed by atoms with van der Waals surface area (Å²) in [4.78, 5) is 17.3. The van der Waals surface area contributed by atoms with E-state index in [1.807, 2.05) is 13.8 Å². The normalized spacial score (nSPS) is 10.4. The minimum atomic E-state index is -0.287. The number of carbonyl (C=O) groups is 1. The van der Waals surface area contributed by atoms with E-state index in [9.17, 15) is 4.79 Å². The van der Waals surface area contributed by atoms with Gasteiger partial charge in [0.1, 0.15) is 0 Å². The number of halogens is 2. The van der Waals surface area contributed by atoms with Crippen LogP contribution in [-0.2, 0) is 0 Å². The van der Waals surface area contributed by atoms with Crippen LogP contribution in [0.1, 0.15) is 20.9 Å². The Morgan fingerprint density at radius 3 is 2.61 bits per heavy atom. The molecule has 6 heteroatoms. The van der Waals surface area contributed by atoms with Crippen LogP contribution in [0.5, 0.6) is 0 Å². The minimum Gasteiger partial charge on any atom is -0.298 e. The maximum Gasteiger partial charge on any atom is 0.258 e. The van der Waals surface area contributed by atoms with Gasteiger partial charge in [0.25, 0.3) is 5.91 Å². The van der Waals surface area contributed by atoms with Gasteiger partial charge < -0.3 is 0 Å². The molecule has 2 rings (SSSR count). The summed E-state index contributed by atoms with van der Waals surface area (Å²) in [6.07, 6.45) is 0. The molecule has 0 aliphatic carbocycles. The molecule has 0 saturated carbocycles. The van der Waals surface area contributed by atoms with E-state index < -0.39 is 0 Å². The fourth-order valence-electron chi connectivity index (χ4n) is 1.36. The van der Waals surface area contributed by atoms with Gasteiger partial charge in [-0.2, -0.15) is 0 Å². The van der Waals surface area contributed by atoms with Crippen molar-refractivity contribution in [1.82, 2.24) is 4.98 Å². The van der Waals surface area contributed by atoms with Crippen molar-refractivity contribution in [2.75, 3.05) is 5.32 Å². The highest BCUT2D eigenvalue weighted by Gasteiger charge is 2.13. The molecular weight excluding hydrogens is 291 g/mol. The summed E-state index contributed by atoms with van der Waals surface area (Å²) in [5.74, 6) is -0.287. The molecule has 0 atom stereocenters. The zero-order valence-corrected chi connectivity index (χ0v) is 12.1. The predicted molar refractivity (Wildman–Crippen MR) is 76.0 cm³/mol.